The van der Waals surface area contributed by atoms with E-state index in [9.17, 15) is 4.79 Å². The second kappa shape index (κ2) is 8.73. The topological polar surface area (TPSA) is 99.4 Å². The average molecular weight is 439 g/mol. The Balaban J connectivity index is 1.62. The van der Waals surface area contributed by atoms with Crippen molar-refractivity contribution in [2.75, 3.05) is 5.75 Å². The fraction of sp³-hybridized carbons (Fsp3) is 0.143. The van der Waals surface area contributed by atoms with E-state index in [1.807, 2.05) is 49.4 Å². The van der Waals surface area contributed by atoms with E-state index in [-0.39, 0.29) is 17.1 Å². The molecule has 0 bridgehead atoms. The van der Waals surface area contributed by atoms with Crippen molar-refractivity contribution in [3.63, 3.8) is 0 Å². The molecule has 2 aromatic heterocycles. The van der Waals surface area contributed by atoms with Gasteiger partial charge in [0.1, 0.15) is 5.49 Å². The van der Waals surface area contributed by atoms with Crippen LogP contribution >= 0.6 is 23.4 Å². The Hall–Kier alpha value is -3.10. The zero-order valence-corrected chi connectivity index (χ0v) is 17.7. The van der Waals surface area contributed by atoms with E-state index in [0.29, 0.717) is 33.4 Å². The van der Waals surface area contributed by atoms with Gasteiger partial charge in [0.25, 0.3) is 0 Å². The molecule has 0 aliphatic carbocycles. The third-order valence-electron chi connectivity index (χ3n) is 4.51. The Morgan fingerprint density at radius 1 is 1.23 bits per heavy atom. The molecule has 0 aliphatic rings. The summed E-state index contributed by atoms with van der Waals surface area (Å²) >= 11 is 7.42. The fourth-order valence-corrected chi connectivity index (χ4v) is 4.08. The number of aromatic amines is 1. The first-order valence-corrected chi connectivity index (χ1v) is 10.6. The van der Waals surface area contributed by atoms with E-state index in [0.717, 1.165) is 11.3 Å². The Morgan fingerprint density at radius 2 is 2.03 bits per heavy atom. The lowest BCUT2D eigenvalue weighted by Gasteiger charge is -2.13. The third-order valence-corrected chi connectivity index (χ3v) is 5.69. The van der Waals surface area contributed by atoms with Crippen molar-refractivity contribution < 1.29 is 4.79 Å². The summed E-state index contributed by atoms with van der Waals surface area (Å²) < 4.78 is 1.69. The molecule has 30 heavy (non-hydrogen) atoms. The molecule has 9 heteroatoms. The number of rotatable bonds is 6. The van der Waals surface area contributed by atoms with Crippen molar-refractivity contribution in [3.05, 3.63) is 76.4 Å². The number of nitrogens with zero attached hydrogens (tertiary/aromatic N) is 3. The summed E-state index contributed by atoms with van der Waals surface area (Å²) in [4.78, 5) is 17.0. The van der Waals surface area contributed by atoms with Crippen LogP contribution in [0.25, 0.3) is 16.7 Å². The Morgan fingerprint density at radius 3 is 2.80 bits per heavy atom. The molecular weight excluding hydrogens is 420 g/mol. The molecule has 3 N–H and O–H groups in total. The van der Waals surface area contributed by atoms with Crippen LogP contribution in [-0.4, -0.2) is 31.4 Å². The van der Waals surface area contributed by atoms with Crippen molar-refractivity contribution >= 4 is 40.3 Å². The van der Waals surface area contributed by atoms with Gasteiger partial charge < -0.3 is 5.32 Å². The van der Waals surface area contributed by atoms with E-state index < -0.39 is 0 Å². The molecule has 152 valence electrons. The number of carbonyl (C=O) groups excluding carboxylic acids is 1. The minimum absolute atomic E-state index is 0.117. The summed E-state index contributed by atoms with van der Waals surface area (Å²) in [6.45, 7) is 2.31. The van der Waals surface area contributed by atoms with Gasteiger partial charge in [0.2, 0.25) is 5.91 Å². The maximum absolute atomic E-state index is 12.4. The predicted molar refractivity (Wildman–Crippen MR) is 118 cm³/mol. The third kappa shape index (κ3) is 4.24. The Bertz CT molecular complexity index is 1270. The number of aromatic nitrogens is 4. The van der Waals surface area contributed by atoms with Crippen molar-refractivity contribution in [3.8, 4) is 5.69 Å². The van der Waals surface area contributed by atoms with Crippen LogP contribution in [0.4, 0.5) is 0 Å². The fourth-order valence-electron chi connectivity index (χ4n) is 3.06. The normalized spacial score (nSPS) is 11.0. The highest BCUT2D eigenvalue weighted by atomic mass is 35.5. The van der Waals surface area contributed by atoms with Crippen LogP contribution in [-0.2, 0) is 11.3 Å². The molecule has 0 saturated carbocycles. The molecule has 4 rings (SSSR count). The molecule has 0 aliphatic heterocycles. The van der Waals surface area contributed by atoms with Crippen molar-refractivity contribution in [2.24, 2.45) is 0 Å². The quantitative estimate of drug-likeness (QED) is 0.316. The smallest absolute Gasteiger partial charge is 0.230 e. The minimum atomic E-state index is -0.117. The van der Waals surface area contributed by atoms with Crippen LogP contribution < -0.4 is 10.8 Å². The van der Waals surface area contributed by atoms with Crippen molar-refractivity contribution in [1.82, 2.24) is 25.1 Å². The van der Waals surface area contributed by atoms with Gasteiger partial charge in [-0.1, -0.05) is 59.8 Å². The zero-order chi connectivity index (χ0) is 21.1. The highest BCUT2D eigenvalue weighted by Crippen LogP contribution is 2.23. The maximum Gasteiger partial charge on any atom is 0.230 e. The molecule has 0 spiro atoms. The predicted octanol–water partition coefficient (Wildman–Crippen LogP) is 3.60. The number of fused-ring (bicyclic) bond motifs is 1. The lowest BCUT2D eigenvalue weighted by Crippen LogP contribution is -2.26. The van der Waals surface area contributed by atoms with Crippen LogP contribution in [0.3, 0.4) is 0 Å². The average Bonchev–Trinajstić information content (AvgIpc) is 3.12. The maximum atomic E-state index is 12.4. The summed E-state index contributed by atoms with van der Waals surface area (Å²) in [6.07, 6.45) is 0. The van der Waals surface area contributed by atoms with Gasteiger partial charge in [-0.25, -0.2) is 4.98 Å². The number of nitrogens with one attached hydrogen (secondary N) is 3. The number of benzene rings is 2. The first-order chi connectivity index (χ1) is 14.5. The molecule has 1 amide bonds. The number of hydrogen-bond donors (Lipinski definition) is 3. The Kier molecular flexibility index (Phi) is 5.87. The molecule has 0 saturated heterocycles. The largest absolute Gasteiger partial charge is 0.351 e. The molecule has 0 radical (unpaired) electrons. The van der Waals surface area contributed by atoms with Gasteiger partial charge in [-0.15, -0.1) is 0 Å². The Labute approximate surface area is 182 Å². The monoisotopic (exact) mass is 438 g/mol. The molecule has 4 aromatic rings. The number of H-pyrrole nitrogens is 1. The van der Waals surface area contributed by atoms with Crippen LogP contribution in [0.15, 0.2) is 59.8 Å². The number of carbonyl (C=O) groups is 1. The number of halogens is 1. The van der Waals surface area contributed by atoms with Gasteiger partial charge >= 0.3 is 0 Å². The van der Waals surface area contributed by atoms with Gasteiger partial charge in [0, 0.05) is 17.3 Å². The second-order valence-electron chi connectivity index (χ2n) is 6.66. The van der Waals surface area contributed by atoms with Gasteiger partial charge in [0.15, 0.2) is 10.8 Å². The van der Waals surface area contributed by atoms with Gasteiger partial charge in [-0.2, -0.15) is 5.10 Å². The minimum Gasteiger partial charge on any atom is -0.351 e. The SMILES string of the molecule is Cc1[nH]nc2nc(SCC(=O)NCc3ccccc3)n(-c3cccc(Cl)c3)c(=N)c12. The van der Waals surface area contributed by atoms with Crippen molar-refractivity contribution in [1.29, 1.82) is 5.41 Å². The van der Waals surface area contributed by atoms with E-state index in [4.69, 9.17) is 17.0 Å². The summed E-state index contributed by atoms with van der Waals surface area (Å²) in [5.41, 5.74) is 3.18. The molecule has 2 aromatic carbocycles. The number of amides is 1. The standard InChI is InChI=1S/C21H19ClN6OS/c1-13-18-19(23)28(16-9-5-8-15(22)10-16)21(25-20(18)27-26-13)30-12-17(29)24-11-14-6-3-2-4-7-14/h2-10,23H,11-12H2,1H3,(H,24,29)(H,26,27). The lowest BCUT2D eigenvalue weighted by molar-refractivity contribution is -0.118. The zero-order valence-electron chi connectivity index (χ0n) is 16.1. The number of thioether (sulfide) groups is 1. The molecule has 7 nitrogen and oxygen atoms in total. The molecule has 0 atom stereocenters. The highest BCUT2D eigenvalue weighted by molar-refractivity contribution is 7.99. The van der Waals surface area contributed by atoms with E-state index >= 15 is 0 Å². The van der Waals surface area contributed by atoms with E-state index in [2.05, 4.69) is 20.5 Å². The molecular formula is C21H19ClN6OS. The van der Waals surface area contributed by atoms with Crippen LogP contribution in [0, 0.1) is 12.3 Å². The summed E-state index contributed by atoms with van der Waals surface area (Å²) in [7, 11) is 0. The van der Waals surface area contributed by atoms with Gasteiger partial charge in [-0.05, 0) is 30.7 Å². The first-order valence-electron chi connectivity index (χ1n) is 9.24. The summed E-state index contributed by atoms with van der Waals surface area (Å²) in [5.74, 6) is 0.0440. The number of aryl methyl sites for hydroxylation is 1. The first kappa shape index (κ1) is 20.2. The van der Waals surface area contributed by atoms with Crippen LogP contribution in [0.5, 0.6) is 0 Å². The number of hydrogen-bond acceptors (Lipinski definition) is 5. The van der Waals surface area contributed by atoms with E-state index in [1.165, 1.54) is 11.8 Å². The van der Waals surface area contributed by atoms with E-state index in [1.54, 1.807) is 16.7 Å². The van der Waals surface area contributed by atoms with Crippen molar-refractivity contribution in [2.45, 2.75) is 18.6 Å². The van der Waals surface area contributed by atoms with Crippen LogP contribution in [0.2, 0.25) is 5.02 Å². The lowest BCUT2D eigenvalue weighted by atomic mass is 10.2. The summed E-state index contributed by atoms with van der Waals surface area (Å²) in [6, 6.07) is 16.9. The van der Waals surface area contributed by atoms with Gasteiger partial charge in [0.05, 0.1) is 16.8 Å². The molecule has 0 unspecified atom stereocenters. The van der Waals surface area contributed by atoms with Crippen LogP contribution in [0.1, 0.15) is 11.3 Å². The summed E-state index contributed by atoms with van der Waals surface area (Å²) in [5, 5.41) is 20.4. The molecule has 0 fully saturated rings. The van der Waals surface area contributed by atoms with Gasteiger partial charge in [-0.3, -0.25) is 19.9 Å². The second-order valence-corrected chi connectivity index (χ2v) is 8.04. The molecule has 2 heterocycles. The highest BCUT2D eigenvalue weighted by Gasteiger charge is 2.16.